The molecule has 0 radical (unpaired) electrons. The highest BCUT2D eigenvalue weighted by molar-refractivity contribution is 7.15. The summed E-state index contributed by atoms with van der Waals surface area (Å²) in [6.45, 7) is 6.25. The standard InChI is InChI=1S/C12H19N3O3S/c1-4-18-11(17)6-5-9(16)13-12-15-14-10(19-12)7-8(2)3/h8H,4-7H2,1-3H3,(H,13,15,16). The summed E-state index contributed by atoms with van der Waals surface area (Å²) >= 11 is 1.36. The zero-order chi connectivity index (χ0) is 14.3. The van der Waals surface area contributed by atoms with Crippen LogP contribution in [0.1, 0.15) is 38.6 Å². The number of hydrogen-bond donors (Lipinski definition) is 1. The van der Waals surface area contributed by atoms with Gasteiger partial charge in [-0.2, -0.15) is 0 Å². The number of carbonyl (C=O) groups is 2. The molecule has 1 rings (SSSR count). The largest absolute Gasteiger partial charge is 0.466 e. The number of ether oxygens (including phenoxy) is 1. The zero-order valence-electron chi connectivity index (χ0n) is 11.4. The van der Waals surface area contributed by atoms with E-state index < -0.39 is 0 Å². The molecule has 1 aromatic heterocycles. The fraction of sp³-hybridized carbons (Fsp3) is 0.667. The molecule has 1 amide bonds. The summed E-state index contributed by atoms with van der Waals surface area (Å²) in [5.41, 5.74) is 0. The van der Waals surface area contributed by atoms with Gasteiger partial charge in [0, 0.05) is 12.8 Å². The molecule has 0 bridgehead atoms. The average molecular weight is 285 g/mol. The Labute approximate surface area is 116 Å². The van der Waals surface area contributed by atoms with Crippen LogP contribution < -0.4 is 5.32 Å². The smallest absolute Gasteiger partial charge is 0.306 e. The fourth-order valence-electron chi connectivity index (χ4n) is 1.37. The molecule has 0 fully saturated rings. The molecule has 0 atom stereocenters. The van der Waals surface area contributed by atoms with Gasteiger partial charge in [0.1, 0.15) is 5.01 Å². The highest BCUT2D eigenvalue weighted by Gasteiger charge is 2.11. The van der Waals surface area contributed by atoms with Crippen molar-refractivity contribution in [2.75, 3.05) is 11.9 Å². The molecule has 0 unspecified atom stereocenters. The third-order valence-electron chi connectivity index (χ3n) is 2.16. The first kappa shape index (κ1) is 15.6. The van der Waals surface area contributed by atoms with E-state index in [0.29, 0.717) is 17.7 Å². The van der Waals surface area contributed by atoms with Crippen LogP contribution in [0.2, 0.25) is 0 Å². The summed E-state index contributed by atoms with van der Waals surface area (Å²) < 4.78 is 4.75. The fourth-order valence-corrected chi connectivity index (χ4v) is 2.33. The van der Waals surface area contributed by atoms with E-state index in [9.17, 15) is 9.59 Å². The molecule has 1 N–H and O–H groups in total. The van der Waals surface area contributed by atoms with Gasteiger partial charge in [0.15, 0.2) is 0 Å². The van der Waals surface area contributed by atoms with Gasteiger partial charge in [-0.15, -0.1) is 10.2 Å². The second-order valence-corrected chi connectivity index (χ2v) is 5.51. The van der Waals surface area contributed by atoms with Crippen molar-refractivity contribution < 1.29 is 14.3 Å². The molecule has 0 aliphatic rings. The number of hydrogen-bond acceptors (Lipinski definition) is 6. The van der Waals surface area contributed by atoms with Gasteiger partial charge in [-0.25, -0.2) is 0 Å². The first-order chi connectivity index (χ1) is 9.01. The van der Waals surface area contributed by atoms with E-state index in [4.69, 9.17) is 4.74 Å². The van der Waals surface area contributed by atoms with Crippen LogP contribution in [0.15, 0.2) is 0 Å². The Morgan fingerprint density at radius 2 is 2.05 bits per heavy atom. The lowest BCUT2D eigenvalue weighted by molar-refractivity contribution is -0.144. The van der Waals surface area contributed by atoms with E-state index in [-0.39, 0.29) is 24.7 Å². The van der Waals surface area contributed by atoms with Crippen LogP contribution in [0.3, 0.4) is 0 Å². The highest BCUT2D eigenvalue weighted by Crippen LogP contribution is 2.18. The summed E-state index contributed by atoms with van der Waals surface area (Å²) in [5.74, 6) is -0.115. The molecule has 0 aliphatic heterocycles. The van der Waals surface area contributed by atoms with Crippen LogP contribution in [-0.2, 0) is 20.7 Å². The maximum atomic E-state index is 11.6. The molecule has 0 aromatic carbocycles. The van der Waals surface area contributed by atoms with E-state index in [1.165, 1.54) is 11.3 Å². The first-order valence-corrected chi connectivity index (χ1v) is 7.10. The predicted molar refractivity (Wildman–Crippen MR) is 72.9 cm³/mol. The Balaban J connectivity index is 2.36. The van der Waals surface area contributed by atoms with Crippen LogP contribution in [0.5, 0.6) is 0 Å². The lowest BCUT2D eigenvalue weighted by atomic mass is 10.1. The lowest BCUT2D eigenvalue weighted by Crippen LogP contribution is -2.14. The Morgan fingerprint density at radius 1 is 1.32 bits per heavy atom. The van der Waals surface area contributed by atoms with Gasteiger partial charge in [0.05, 0.1) is 13.0 Å². The molecule has 7 heteroatoms. The quantitative estimate of drug-likeness (QED) is 0.775. The van der Waals surface area contributed by atoms with Crippen molar-refractivity contribution in [3.8, 4) is 0 Å². The number of aromatic nitrogens is 2. The Morgan fingerprint density at radius 3 is 2.68 bits per heavy atom. The number of rotatable bonds is 7. The van der Waals surface area contributed by atoms with E-state index in [0.717, 1.165) is 11.4 Å². The van der Waals surface area contributed by atoms with Crippen molar-refractivity contribution in [1.82, 2.24) is 10.2 Å². The number of nitrogens with one attached hydrogen (secondary N) is 1. The minimum atomic E-state index is -0.365. The summed E-state index contributed by atoms with van der Waals surface area (Å²) in [5, 5.41) is 11.9. The van der Waals surface area contributed by atoms with E-state index >= 15 is 0 Å². The molecule has 0 saturated carbocycles. The molecular formula is C12H19N3O3S. The SMILES string of the molecule is CCOC(=O)CCC(=O)Nc1nnc(CC(C)C)s1. The topological polar surface area (TPSA) is 81.2 Å². The summed E-state index contributed by atoms with van der Waals surface area (Å²) in [6.07, 6.45) is 1.02. The maximum Gasteiger partial charge on any atom is 0.306 e. The molecule has 0 saturated heterocycles. The van der Waals surface area contributed by atoms with Gasteiger partial charge in [-0.1, -0.05) is 25.2 Å². The predicted octanol–water partition coefficient (Wildman–Crippen LogP) is 2.02. The summed E-state index contributed by atoms with van der Waals surface area (Å²) in [7, 11) is 0. The van der Waals surface area contributed by atoms with Gasteiger partial charge >= 0.3 is 5.97 Å². The second kappa shape index (κ2) is 7.83. The van der Waals surface area contributed by atoms with Gasteiger partial charge in [-0.3, -0.25) is 9.59 Å². The molecule has 0 spiro atoms. The van der Waals surface area contributed by atoms with Gasteiger partial charge in [0.2, 0.25) is 11.0 Å². The number of amides is 1. The number of carbonyl (C=O) groups excluding carboxylic acids is 2. The minimum Gasteiger partial charge on any atom is -0.466 e. The second-order valence-electron chi connectivity index (χ2n) is 4.45. The van der Waals surface area contributed by atoms with Crippen LogP contribution >= 0.6 is 11.3 Å². The van der Waals surface area contributed by atoms with Gasteiger partial charge < -0.3 is 10.1 Å². The zero-order valence-corrected chi connectivity index (χ0v) is 12.2. The summed E-state index contributed by atoms with van der Waals surface area (Å²) in [4.78, 5) is 22.7. The molecule has 6 nitrogen and oxygen atoms in total. The normalized spacial score (nSPS) is 10.5. The third kappa shape index (κ3) is 6.28. The highest BCUT2D eigenvalue weighted by atomic mass is 32.1. The van der Waals surface area contributed by atoms with Crippen molar-refractivity contribution >= 4 is 28.3 Å². The van der Waals surface area contributed by atoms with Crippen molar-refractivity contribution in [2.24, 2.45) is 5.92 Å². The number of anilines is 1. The molecule has 19 heavy (non-hydrogen) atoms. The monoisotopic (exact) mass is 285 g/mol. The van der Waals surface area contributed by atoms with Crippen LogP contribution in [0.25, 0.3) is 0 Å². The van der Waals surface area contributed by atoms with E-state index in [2.05, 4.69) is 29.4 Å². The van der Waals surface area contributed by atoms with Crippen LogP contribution in [0, 0.1) is 5.92 Å². The first-order valence-electron chi connectivity index (χ1n) is 6.29. The molecule has 1 aromatic rings. The molecule has 106 valence electrons. The van der Waals surface area contributed by atoms with E-state index in [1.807, 2.05) is 0 Å². The van der Waals surface area contributed by atoms with E-state index in [1.54, 1.807) is 6.92 Å². The molecule has 0 aliphatic carbocycles. The summed E-state index contributed by atoms with van der Waals surface area (Å²) in [6, 6.07) is 0. The number of nitrogens with zero attached hydrogens (tertiary/aromatic N) is 2. The number of esters is 1. The van der Waals surface area contributed by atoms with Crippen molar-refractivity contribution in [1.29, 1.82) is 0 Å². The lowest BCUT2D eigenvalue weighted by Gasteiger charge is -2.01. The van der Waals surface area contributed by atoms with Crippen LogP contribution in [0.4, 0.5) is 5.13 Å². The Hall–Kier alpha value is -1.50. The van der Waals surface area contributed by atoms with Crippen molar-refractivity contribution in [3.63, 3.8) is 0 Å². The molecule has 1 heterocycles. The maximum absolute atomic E-state index is 11.6. The van der Waals surface area contributed by atoms with Gasteiger partial charge in [-0.05, 0) is 12.8 Å². The minimum absolute atomic E-state index is 0.0807. The average Bonchev–Trinajstić information content (AvgIpc) is 2.73. The Bertz CT molecular complexity index is 432. The third-order valence-corrected chi connectivity index (χ3v) is 3.02. The van der Waals surface area contributed by atoms with Crippen molar-refractivity contribution in [3.05, 3.63) is 5.01 Å². The van der Waals surface area contributed by atoms with Crippen molar-refractivity contribution in [2.45, 2.75) is 40.0 Å². The van der Waals surface area contributed by atoms with Gasteiger partial charge in [0.25, 0.3) is 0 Å². The van der Waals surface area contributed by atoms with Crippen LogP contribution in [-0.4, -0.2) is 28.7 Å². The molecular weight excluding hydrogens is 266 g/mol. The Kier molecular flexibility index (Phi) is 6.41.